The molecule has 0 aliphatic carbocycles. The molecular formula is C9H7F13O. The lowest BCUT2D eigenvalue weighted by molar-refractivity contribution is -0.485. The normalized spacial score (nSPS) is 16.2. The summed E-state index contributed by atoms with van der Waals surface area (Å²) in [6.07, 6.45) is -24.5. The smallest absolute Gasteiger partial charge is 0.350 e. The molecule has 140 valence electrons. The molecule has 0 N–H and O–H groups in total. The zero-order valence-electron chi connectivity index (χ0n) is 10.9. The van der Waals surface area contributed by atoms with Crippen molar-refractivity contribution >= 4 is 0 Å². The van der Waals surface area contributed by atoms with Crippen LogP contribution in [0.25, 0.3) is 0 Å². The second-order valence-corrected chi connectivity index (χ2v) is 4.49. The molecule has 0 aromatic rings. The molecule has 0 spiro atoms. The van der Waals surface area contributed by atoms with Gasteiger partial charge in [0.1, 0.15) is 0 Å². The maximum absolute atomic E-state index is 13.3. The van der Waals surface area contributed by atoms with Crippen molar-refractivity contribution in [3.63, 3.8) is 0 Å². The average Bonchev–Trinajstić information content (AvgIpc) is 2.19. The molecule has 0 aromatic heterocycles. The van der Waals surface area contributed by atoms with E-state index in [0.717, 1.165) is 0 Å². The van der Waals surface area contributed by atoms with Crippen LogP contribution in [0.1, 0.15) is 13.8 Å². The molecule has 23 heavy (non-hydrogen) atoms. The fraction of sp³-hybridized carbons (Fsp3) is 1.00. The van der Waals surface area contributed by atoms with E-state index in [4.69, 9.17) is 0 Å². The molecule has 0 radical (unpaired) electrons. The highest BCUT2D eigenvalue weighted by Gasteiger charge is 2.93. The molecule has 0 aromatic carbocycles. The summed E-state index contributed by atoms with van der Waals surface area (Å²) in [5, 5.41) is 0. The summed E-state index contributed by atoms with van der Waals surface area (Å²) < 4.78 is 167. The van der Waals surface area contributed by atoms with Gasteiger partial charge in [-0.05, 0) is 13.8 Å². The van der Waals surface area contributed by atoms with Crippen LogP contribution >= 0.6 is 0 Å². The molecule has 0 aliphatic heterocycles. The average molecular weight is 378 g/mol. The lowest BCUT2D eigenvalue weighted by Gasteiger charge is -2.45. The van der Waals surface area contributed by atoms with Gasteiger partial charge in [-0.2, -0.15) is 57.1 Å². The summed E-state index contributed by atoms with van der Waals surface area (Å²) in [6.45, 7) is 0.627. The van der Waals surface area contributed by atoms with E-state index in [2.05, 4.69) is 4.74 Å². The van der Waals surface area contributed by atoms with E-state index >= 15 is 0 Å². The summed E-state index contributed by atoms with van der Waals surface area (Å²) in [7, 11) is 0. The van der Waals surface area contributed by atoms with Crippen LogP contribution in [0.5, 0.6) is 0 Å². The van der Waals surface area contributed by atoms with Crippen LogP contribution in [0.15, 0.2) is 0 Å². The minimum Gasteiger partial charge on any atom is -0.350 e. The Morgan fingerprint density at radius 3 is 1.00 bits per heavy atom. The zero-order chi connectivity index (χ0) is 19.3. The number of rotatable bonds is 4. The van der Waals surface area contributed by atoms with E-state index in [9.17, 15) is 57.1 Å². The Hall–Kier alpha value is -0.950. The van der Waals surface area contributed by atoms with Gasteiger partial charge >= 0.3 is 36.0 Å². The second kappa shape index (κ2) is 5.55. The van der Waals surface area contributed by atoms with Crippen LogP contribution in [-0.2, 0) is 4.74 Å². The summed E-state index contributed by atoms with van der Waals surface area (Å²) in [5.74, 6) is -15.4. The van der Waals surface area contributed by atoms with E-state index in [0.29, 0.717) is 13.8 Å². The first-order valence-corrected chi connectivity index (χ1v) is 5.30. The van der Waals surface area contributed by atoms with Crippen LogP contribution in [-0.4, -0.2) is 42.1 Å². The number of hydrogen-bond acceptors (Lipinski definition) is 1. The molecule has 0 unspecified atom stereocenters. The molecule has 14 heteroatoms. The first kappa shape index (κ1) is 22.1. The van der Waals surface area contributed by atoms with Crippen molar-refractivity contribution in [2.24, 2.45) is 0 Å². The highest BCUT2D eigenvalue weighted by molar-refractivity contribution is 5.14. The third-order valence-electron chi connectivity index (χ3n) is 2.40. The highest BCUT2D eigenvalue weighted by Crippen LogP contribution is 2.62. The summed E-state index contributed by atoms with van der Waals surface area (Å²) in [5.41, 5.74) is -7.07. The van der Waals surface area contributed by atoms with Gasteiger partial charge in [0, 0.05) is 0 Å². The quantitative estimate of drug-likeness (QED) is 0.618. The van der Waals surface area contributed by atoms with Crippen molar-refractivity contribution in [1.82, 2.24) is 0 Å². The van der Waals surface area contributed by atoms with Gasteiger partial charge in [0.25, 0.3) is 0 Å². The minimum absolute atomic E-state index is 0.314. The lowest BCUT2D eigenvalue weighted by atomic mass is 9.87. The van der Waals surface area contributed by atoms with Gasteiger partial charge in [0.2, 0.25) is 0 Å². The van der Waals surface area contributed by atoms with Crippen molar-refractivity contribution in [2.45, 2.75) is 55.9 Å². The van der Waals surface area contributed by atoms with Gasteiger partial charge in [-0.1, -0.05) is 0 Å². The third-order valence-corrected chi connectivity index (χ3v) is 2.40. The SMILES string of the molecule is CC(C)OC(C(F)(F)F)(C(F)(F)F)C(F)(F)C(F)(F)C(F)(F)F. The maximum atomic E-state index is 13.3. The topological polar surface area (TPSA) is 9.23 Å². The first-order chi connectivity index (χ1) is 9.67. The van der Waals surface area contributed by atoms with Crippen LogP contribution in [0.4, 0.5) is 57.1 Å². The standard InChI is InChI=1S/C9H7F13O/c1-3(2)23-4(7(14,15)16,8(17,18)19)5(10,11)6(12,13)9(20,21)22/h3H,1-2H3. The van der Waals surface area contributed by atoms with Crippen molar-refractivity contribution in [2.75, 3.05) is 0 Å². The van der Waals surface area contributed by atoms with Crippen LogP contribution in [0.3, 0.4) is 0 Å². The zero-order valence-corrected chi connectivity index (χ0v) is 10.9. The van der Waals surface area contributed by atoms with E-state index in [-0.39, 0.29) is 0 Å². The summed E-state index contributed by atoms with van der Waals surface area (Å²) >= 11 is 0. The lowest BCUT2D eigenvalue weighted by Crippen LogP contribution is -2.76. The Bertz CT molecular complexity index is 399. The van der Waals surface area contributed by atoms with E-state index in [1.807, 2.05) is 0 Å². The molecule has 0 heterocycles. The van der Waals surface area contributed by atoms with E-state index in [1.54, 1.807) is 0 Å². The molecule has 0 aliphatic rings. The van der Waals surface area contributed by atoms with Gasteiger partial charge in [0.05, 0.1) is 6.10 Å². The molecule has 0 rings (SSSR count). The molecule has 0 bridgehead atoms. The molecule has 0 amide bonds. The Balaban J connectivity index is 6.81. The van der Waals surface area contributed by atoms with Gasteiger partial charge in [-0.15, -0.1) is 0 Å². The third kappa shape index (κ3) is 3.18. The molecule has 0 atom stereocenters. The van der Waals surface area contributed by atoms with Crippen molar-refractivity contribution in [3.05, 3.63) is 0 Å². The van der Waals surface area contributed by atoms with Crippen LogP contribution in [0.2, 0.25) is 0 Å². The Labute approximate surface area is 119 Å². The van der Waals surface area contributed by atoms with E-state index in [1.165, 1.54) is 0 Å². The Morgan fingerprint density at radius 1 is 0.522 bits per heavy atom. The molecule has 0 saturated heterocycles. The van der Waals surface area contributed by atoms with Gasteiger partial charge in [-0.25, -0.2) is 0 Å². The van der Waals surface area contributed by atoms with Gasteiger partial charge in [0.15, 0.2) is 0 Å². The van der Waals surface area contributed by atoms with Gasteiger partial charge in [-0.3, -0.25) is 0 Å². The molecule has 1 nitrogen and oxygen atoms in total. The molecular weight excluding hydrogens is 371 g/mol. The second-order valence-electron chi connectivity index (χ2n) is 4.49. The minimum atomic E-state index is -7.74. The molecule has 0 saturated carbocycles. The van der Waals surface area contributed by atoms with Crippen molar-refractivity contribution in [1.29, 1.82) is 0 Å². The monoisotopic (exact) mass is 378 g/mol. The molecule has 0 fully saturated rings. The van der Waals surface area contributed by atoms with Crippen LogP contribution in [0, 0.1) is 0 Å². The summed E-state index contributed by atoms with van der Waals surface area (Å²) in [6, 6.07) is 0. The maximum Gasteiger partial charge on any atom is 0.460 e. The number of halogens is 13. The number of ether oxygens (including phenoxy) is 1. The number of hydrogen-bond donors (Lipinski definition) is 0. The predicted molar refractivity (Wildman–Crippen MR) is 47.0 cm³/mol. The largest absolute Gasteiger partial charge is 0.460 e. The van der Waals surface area contributed by atoms with Crippen LogP contribution < -0.4 is 0 Å². The van der Waals surface area contributed by atoms with Crippen molar-refractivity contribution in [3.8, 4) is 0 Å². The summed E-state index contributed by atoms with van der Waals surface area (Å²) in [4.78, 5) is 0. The Morgan fingerprint density at radius 2 is 0.826 bits per heavy atom. The Kier molecular flexibility index (Phi) is 5.32. The fourth-order valence-electron chi connectivity index (χ4n) is 1.48. The highest BCUT2D eigenvalue weighted by atomic mass is 19.4. The fourth-order valence-corrected chi connectivity index (χ4v) is 1.48. The van der Waals surface area contributed by atoms with Gasteiger partial charge < -0.3 is 4.74 Å². The first-order valence-electron chi connectivity index (χ1n) is 5.30. The predicted octanol–water partition coefficient (Wildman–Crippen LogP) is 5.11. The number of alkyl halides is 13. The van der Waals surface area contributed by atoms with E-state index < -0.39 is 42.1 Å². The van der Waals surface area contributed by atoms with Crippen molar-refractivity contribution < 1.29 is 61.8 Å².